The lowest BCUT2D eigenvalue weighted by atomic mass is 10.0. The van der Waals surface area contributed by atoms with Crippen LogP contribution < -0.4 is 11.1 Å². The van der Waals surface area contributed by atoms with E-state index in [2.05, 4.69) is 20.4 Å². The lowest BCUT2D eigenvalue weighted by Crippen LogP contribution is -2.51. The Morgan fingerprint density at radius 1 is 0.500 bits per heavy atom. The van der Waals surface area contributed by atoms with Gasteiger partial charge in [0.15, 0.2) is 0 Å². The molecule has 4 heterocycles. The molecule has 14 nitrogen and oxygen atoms in total. The second-order valence-corrected chi connectivity index (χ2v) is 16.9. The van der Waals surface area contributed by atoms with Crippen LogP contribution in [0.2, 0.25) is 0 Å². The summed E-state index contributed by atoms with van der Waals surface area (Å²) in [5, 5.41) is 15.9. The number of benzene rings is 4. The number of rotatable bonds is 8. The van der Waals surface area contributed by atoms with Gasteiger partial charge in [0.05, 0.1) is 33.3 Å². The van der Waals surface area contributed by atoms with Crippen molar-refractivity contribution < 1.29 is 28.0 Å². The van der Waals surface area contributed by atoms with Gasteiger partial charge in [-0.2, -0.15) is 10.2 Å². The van der Waals surface area contributed by atoms with E-state index < -0.39 is 11.6 Å². The molecule has 6 aromatic rings. The minimum Gasteiger partial charge on any atom is -0.339 e. The highest BCUT2D eigenvalue weighted by atomic mass is 19.1. The zero-order valence-electron chi connectivity index (χ0n) is 35.0. The third-order valence-electron chi connectivity index (χ3n) is 12.4. The molecule has 328 valence electrons. The summed E-state index contributed by atoms with van der Waals surface area (Å²) in [7, 11) is 0. The fraction of sp³-hybridized carbons (Fsp3) is 0.333. The second-order valence-electron chi connectivity index (χ2n) is 16.9. The van der Waals surface area contributed by atoms with Crippen LogP contribution in [0.5, 0.6) is 0 Å². The highest BCUT2D eigenvalue weighted by Crippen LogP contribution is 2.32. The molecule has 0 bridgehead atoms. The third-order valence-corrected chi connectivity index (χ3v) is 12.4. The largest absolute Gasteiger partial charge is 0.339 e. The number of halogens is 2. The van der Waals surface area contributed by atoms with E-state index in [4.69, 9.17) is 0 Å². The second kappa shape index (κ2) is 17.9. The highest BCUT2D eigenvalue weighted by molar-refractivity contribution is 5.96. The molecule has 4 aromatic carbocycles. The zero-order chi connectivity index (χ0) is 44.5. The first-order valence-electron chi connectivity index (χ1n) is 21.7. The average molecular weight is 869 g/mol. The molecule has 2 aliphatic heterocycles. The van der Waals surface area contributed by atoms with Crippen molar-refractivity contribution in [2.75, 3.05) is 52.4 Å². The van der Waals surface area contributed by atoms with Crippen molar-refractivity contribution >= 4 is 45.2 Å². The lowest BCUT2D eigenvalue weighted by molar-refractivity contribution is -0.134. The Labute approximate surface area is 365 Å². The Bertz CT molecular complexity index is 2720. The van der Waals surface area contributed by atoms with Crippen LogP contribution in [0.1, 0.15) is 68.9 Å². The third kappa shape index (κ3) is 9.03. The molecule has 2 saturated carbocycles. The van der Waals surface area contributed by atoms with Crippen molar-refractivity contribution in [1.29, 1.82) is 0 Å². The molecule has 16 heteroatoms. The molecule has 2 aliphatic carbocycles. The maximum atomic E-state index is 14.6. The Balaban J connectivity index is 0.000000162. The minimum absolute atomic E-state index is 0.0122. The van der Waals surface area contributed by atoms with Gasteiger partial charge < -0.3 is 19.6 Å². The van der Waals surface area contributed by atoms with E-state index in [-0.39, 0.29) is 57.7 Å². The van der Waals surface area contributed by atoms with Gasteiger partial charge in [0.2, 0.25) is 11.8 Å². The molecule has 0 radical (unpaired) electrons. The van der Waals surface area contributed by atoms with Crippen LogP contribution in [0.3, 0.4) is 0 Å². The van der Waals surface area contributed by atoms with Crippen LogP contribution in [0.25, 0.3) is 21.5 Å². The van der Waals surface area contributed by atoms with E-state index in [0.29, 0.717) is 87.4 Å². The van der Waals surface area contributed by atoms with Gasteiger partial charge in [0, 0.05) is 87.8 Å². The first-order chi connectivity index (χ1) is 31.0. The molecule has 2 saturated heterocycles. The SMILES string of the molecule is O=C(c1cc(Cc2n[nH]c(=O)c3ccccc23)ccc1F)N1CCN(C(=O)C2CC2)CC1.O=C(c1cc(Cc2n[nH]c(=O)c3ccccc23)ccc1F)N1CCN(C(=O)C2CC2)CC1. The molecule has 0 unspecified atom stereocenters. The fourth-order valence-corrected chi connectivity index (χ4v) is 8.47. The van der Waals surface area contributed by atoms with E-state index in [9.17, 15) is 37.5 Å². The normalized spacial score (nSPS) is 16.4. The van der Waals surface area contributed by atoms with Crippen molar-refractivity contribution in [2.45, 2.75) is 38.5 Å². The van der Waals surface area contributed by atoms with Gasteiger partial charge in [-0.3, -0.25) is 28.8 Å². The highest BCUT2D eigenvalue weighted by Gasteiger charge is 2.37. The van der Waals surface area contributed by atoms with Crippen LogP contribution in [-0.4, -0.2) is 116 Å². The minimum atomic E-state index is -0.575. The summed E-state index contributed by atoms with van der Waals surface area (Å²) in [5.74, 6) is -1.24. The first kappa shape index (κ1) is 42.2. The van der Waals surface area contributed by atoms with E-state index in [1.807, 2.05) is 24.3 Å². The van der Waals surface area contributed by atoms with Gasteiger partial charge in [-0.25, -0.2) is 19.0 Å². The first-order valence-corrected chi connectivity index (χ1v) is 21.7. The van der Waals surface area contributed by atoms with E-state index in [0.717, 1.165) is 47.6 Å². The van der Waals surface area contributed by atoms with E-state index in [1.54, 1.807) is 68.1 Å². The Hall–Kier alpha value is -7.10. The van der Waals surface area contributed by atoms with Crippen LogP contribution in [0.4, 0.5) is 8.78 Å². The predicted octanol–water partition coefficient (Wildman–Crippen LogP) is 4.69. The monoisotopic (exact) mass is 868 g/mol. The Kier molecular flexibility index (Phi) is 11.8. The smallest absolute Gasteiger partial charge is 0.272 e. The number of hydrogen-bond acceptors (Lipinski definition) is 8. The van der Waals surface area contributed by atoms with Crippen molar-refractivity contribution in [3.05, 3.63) is 151 Å². The van der Waals surface area contributed by atoms with Gasteiger partial charge in [0.25, 0.3) is 22.9 Å². The maximum absolute atomic E-state index is 14.6. The number of carbonyl (C=O) groups is 4. The predicted molar refractivity (Wildman–Crippen MR) is 234 cm³/mol. The van der Waals surface area contributed by atoms with Gasteiger partial charge in [-0.05, 0) is 73.2 Å². The summed E-state index contributed by atoms with van der Waals surface area (Å²) in [5.41, 5.74) is 2.24. The van der Waals surface area contributed by atoms with Crippen molar-refractivity contribution in [3.8, 4) is 0 Å². The maximum Gasteiger partial charge on any atom is 0.272 e. The standard InChI is InChI=1S/2C24H23FN4O3/c2*25-20-8-5-15(14-21-17-3-1-2-4-18(17)22(30)27-26-21)13-19(20)24(32)29-11-9-28(10-12-29)23(31)16-6-7-16/h2*1-5,8,13,16H,6-7,9-12,14H2,(H,27,30). The summed E-state index contributed by atoms with van der Waals surface area (Å²) < 4.78 is 29.1. The number of amides is 4. The fourth-order valence-electron chi connectivity index (χ4n) is 8.47. The molecule has 4 fully saturated rings. The van der Waals surface area contributed by atoms with Crippen LogP contribution in [-0.2, 0) is 22.4 Å². The summed E-state index contributed by atoms with van der Waals surface area (Å²) >= 11 is 0. The topological polar surface area (TPSA) is 173 Å². The molecule has 64 heavy (non-hydrogen) atoms. The number of carbonyl (C=O) groups excluding carboxylic acids is 4. The van der Waals surface area contributed by atoms with Crippen molar-refractivity contribution in [3.63, 3.8) is 0 Å². The van der Waals surface area contributed by atoms with Gasteiger partial charge in [-0.1, -0.05) is 48.5 Å². The average Bonchev–Trinajstić information content (AvgIpc) is 4.27. The quantitative estimate of drug-likeness (QED) is 0.222. The molecule has 4 aliphatic rings. The van der Waals surface area contributed by atoms with Gasteiger partial charge in [-0.15, -0.1) is 0 Å². The molecular formula is C48H46F2N8O6. The Morgan fingerprint density at radius 2 is 0.844 bits per heavy atom. The van der Waals surface area contributed by atoms with Gasteiger partial charge in [0.1, 0.15) is 11.6 Å². The zero-order valence-corrected chi connectivity index (χ0v) is 35.0. The molecule has 10 rings (SSSR count). The molecular weight excluding hydrogens is 823 g/mol. The summed E-state index contributed by atoms with van der Waals surface area (Å²) in [6.07, 6.45) is 4.51. The van der Waals surface area contributed by atoms with Crippen LogP contribution in [0.15, 0.2) is 94.5 Å². The van der Waals surface area contributed by atoms with Crippen molar-refractivity contribution in [2.24, 2.45) is 11.8 Å². The van der Waals surface area contributed by atoms with Crippen LogP contribution in [0, 0.1) is 23.5 Å². The number of fused-ring (bicyclic) bond motifs is 2. The number of piperazine rings is 2. The number of nitrogens with zero attached hydrogens (tertiary/aromatic N) is 6. The molecule has 0 spiro atoms. The summed E-state index contributed by atoms with van der Waals surface area (Å²) in [4.78, 5) is 81.3. The molecule has 2 aromatic heterocycles. The Morgan fingerprint density at radius 3 is 1.20 bits per heavy atom. The molecule has 0 atom stereocenters. The van der Waals surface area contributed by atoms with E-state index in [1.165, 1.54) is 12.1 Å². The molecule has 2 N–H and O–H groups in total. The van der Waals surface area contributed by atoms with E-state index >= 15 is 0 Å². The number of H-pyrrole nitrogens is 2. The summed E-state index contributed by atoms with van der Waals surface area (Å²) in [6, 6.07) is 23.3. The number of hydrogen-bond donors (Lipinski definition) is 2. The summed E-state index contributed by atoms with van der Waals surface area (Å²) in [6.45, 7) is 3.51. The number of aromatic nitrogens is 4. The van der Waals surface area contributed by atoms with Crippen LogP contribution >= 0.6 is 0 Å². The lowest BCUT2D eigenvalue weighted by Gasteiger charge is -2.35. The molecule has 4 amide bonds. The number of aromatic amines is 2. The van der Waals surface area contributed by atoms with Crippen molar-refractivity contribution in [1.82, 2.24) is 40.0 Å². The van der Waals surface area contributed by atoms with Gasteiger partial charge >= 0.3 is 0 Å². The number of nitrogens with one attached hydrogen (secondary N) is 2.